The summed E-state index contributed by atoms with van der Waals surface area (Å²) in [4.78, 5) is 8.03. The lowest BCUT2D eigenvalue weighted by molar-refractivity contribution is 0.251. The fraction of sp³-hybridized carbons (Fsp3) is 0.500. The number of aromatic nitrogens is 2. The minimum absolute atomic E-state index is 0.237. The summed E-state index contributed by atoms with van der Waals surface area (Å²) in [6.07, 6.45) is 11.8. The zero-order valence-corrected chi connectivity index (χ0v) is 23.1. The number of aryl methyl sites for hydroxylation is 1. The molecule has 1 unspecified atom stereocenters. The largest absolute Gasteiger partial charge is 0.320 e. The Kier molecular flexibility index (Phi) is 7.21. The first-order chi connectivity index (χ1) is 18.1. The quantitative estimate of drug-likeness (QED) is 0.466. The van der Waals surface area contributed by atoms with Crippen LogP contribution in [0.1, 0.15) is 64.9 Å². The van der Waals surface area contributed by atoms with E-state index < -0.39 is 0 Å². The Bertz CT molecular complexity index is 1290. The first-order valence-corrected chi connectivity index (χ1v) is 14.7. The van der Waals surface area contributed by atoms with Crippen molar-refractivity contribution in [3.8, 4) is 0 Å². The van der Waals surface area contributed by atoms with Gasteiger partial charge in [-0.25, -0.2) is 5.43 Å². The standard InChI is InChI=1S/C22H25N5S.C8H15N/c1-26-7-5-13(6-8-26)19-10-16-20(28-19)11-17-21(24-25-22(16)17)14-3-4-15-12-23-27(2)18(15)9-14;1-2-6-9-7-4-3-5-8-9/h3-4,9-10,12-13,21,24-25H,5-8,11H2,1-2H3;2H,1,3-8H2. The zero-order chi connectivity index (χ0) is 25.4. The summed E-state index contributed by atoms with van der Waals surface area (Å²) in [5, 5.41) is 5.57. The SMILES string of the molecule is C=CCN1CCCCC1.CN1CCC(c2cc3c(s2)CC2=C3NNC2c2ccc3cnn(C)c3c2)CC1. The smallest absolute Gasteiger partial charge is 0.0747 e. The van der Waals surface area contributed by atoms with E-state index in [9.17, 15) is 0 Å². The molecule has 37 heavy (non-hydrogen) atoms. The van der Waals surface area contributed by atoms with Gasteiger partial charge in [-0.1, -0.05) is 24.6 Å². The van der Waals surface area contributed by atoms with Crippen molar-refractivity contribution >= 4 is 27.9 Å². The minimum Gasteiger partial charge on any atom is -0.320 e. The number of piperidine rings is 2. The van der Waals surface area contributed by atoms with Crippen molar-refractivity contribution in [3.63, 3.8) is 0 Å². The second-order valence-electron chi connectivity index (χ2n) is 11.1. The summed E-state index contributed by atoms with van der Waals surface area (Å²) >= 11 is 2.05. The Balaban J connectivity index is 0.000000239. The van der Waals surface area contributed by atoms with E-state index in [1.165, 1.54) is 91.6 Å². The van der Waals surface area contributed by atoms with Gasteiger partial charge in [0.2, 0.25) is 0 Å². The number of nitrogens with zero attached hydrogens (tertiary/aromatic N) is 4. The molecule has 4 aliphatic rings. The van der Waals surface area contributed by atoms with Crippen molar-refractivity contribution in [2.24, 2.45) is 7.05 Å². The van der Waals surface area contributed by atoms with Gasteiger partial charge in [0.25, 0.3) is 0 Å². The highest BCUT2D eigenvalue weighted by atomic mass is 32.1. The molecule has 1 atom stereocenters. The average Bonchev–Trinajstić information content (AvgIpc) is 3.67. The lowest BCUT2D eigenvalue weighted by atomic mass is 9.95. The molecule has 0 amide bonds. The third kappa shape index (κ3) is 5.02. The molecule has 7 rings (SSSR count). The van der Waals surface area contributed by atoms with Gasteiger partial charge in [-0.15, -0.1) is 17.9 Å². The second-order valence-corrected chi connectivity index (χ2v) is 12.2. The van der Waals surface area contributed by atoms with E-state index in [-0.39, 0.29) is 6.04 Å². The molecule has 196 valence electrons. The molecule has 2 aromatic heterocycles. The number of hydrazine groups is 1. The maximum Gasteiger partial charge on any atom is 0.0747 e. The van der Waals surface area contributed by atoms with E-state index in [2.05, 4.69) is 63.6 Å². The van der Waals surface area contributed by atoms with E-state index in [0.29, 0.717) is 0 Å². The van der Waals surface area contributed by atoms with Crippen molar-refractivity contribution in [1.82, 2.24) is 30.4 Å². The molecule has 0 spiro atoms. The van der Waals surface area contributed by atoms with Crippen LogP contribution in [-0.2, 0) is 13.5 Å². The van der Waals surface area contributed by atoms with Crippen LogP contribution in [0, 0.1) is 0 Å². The van der Waals surface area contributed by atoms with Gasteiger partial charge in [0.1, 0.15) is 0 Å². The van der Waals surface area contributed by atoms with Gasteiger partial charge < -0.3 is 10.3 Å². The van der Waals surface area contributed by atoms with Crippen molar-refractivity contribution in [2.75, 3.05) is 39.8 Å². The number of nitrogens with one attached hydrogen (secondary N) is 2. The van der Waals surface area contributed by atoms with Gasteiger partial charge in [0.05, 0.1) is 23.5 Å². The van der Waals surface area contributed by atoms with Crippen LogP contribution in [-0.4, -0.2) is 59.4 Å². The number of benzene rings is 1. The zero-order valence-electron chi connectivity index (χ0n) is 22.3. The van der Waals surface area contributed by atoms with Crippen LogP contribution < -0.4 is 10.9 Å². The summed E-state index contributed by atoms with van der Waals surface area (Å²) in [5.74, 6) is 0.744. The molecule has 2 fully saturated rings. The van der Waals surface area contributed by atoms with E-state index >= 15 is 0 Å². The Morgan fingerprint density at radius 1 is 1.08 bits per heavy atom. The molecule has 1 aliphatic carbocycles. The third-order valence-corrected chi connectivity index (χ3v) is 9.82. The molecule has 5 heterocycles. The molecule has 3 aromatic rings. The lowest BCUT2D eigenvalue weighted by Crippen LogP contribution is -2.29. The van der Waals surface area contributed by atoms with Gasteiger partial charge in [0.15, 0.2) is 0 Å². The maximum absolute atomic E-state index is 4.38. The summed E-state index contributed by atoms with van der Waals surface area (Å²) in [7, 11) is 4.24. The van der Waals surface area contributed by atoms with E-state index in [1.54, 1.807) is 9.75 Å². The first-order valence-electron chi connectivity index (χ1n) is 13.9. The third-order valence-electron chi connectivity index (χ3n) is 8.52. The Morgan fingerprint density at radius 2 is 1.89 bits per heavy atom. The molecule has 0 bridgehead atoms. The van der Waals surface area contributed by atoms with Crippen LogP contribution in [0.5, 0.6) is 0 Å². The monoisotopic (exact) mass is 516 g/mol. The number of thiophene rings is 1. The molecule has 0 saturated carbocycles. The number of hydrogen-bond donors (Lipinski definition) is 2. The summed E-state index contributed by atoms with van der Waals surface area (Å²) in [5.41, 5.74) is 13.8. The summed E-state index contributed by atoms with van der Waals surface area (Å²) in [6, 6.07) is 9.39. The van der Waals surface area contributed by atoms with Crippen molar-refractivity contribution in [1.29, 1.82) is 0 Å². The first kappa shape index (κ1) is 24.9. The Morgan fingerprint density at radius 3 is 2.68 bits per heavy atom. The molecule has 3 aliphatic heterocycles. The molecule has 2 saturated heterocycles. The molecule has 0 radical (unpaired) electrons. The van der Waals surface area contributed by atoms with Crippen LogP contribution in [0.25, 0.3) is 16.6 Å². The molecule has 2 N–H and O–H groups in total. The van der Waals surface area contributed by atoms with E-state index in [4.69, 9.17) is 0 Å². The second kappa shape index (κ2) is 10.7. The van der Waals surface area contributed by atoms with Gasteiger partial charge in [-0.2, -0.15) is 5.10 Å². The normalized spacial score (nSPS) is 22.5. The minimum atomic E-state index is 0.237. The topological polar surface area (TPSA) is 48.4 Å². The van der Waals surface area contributed by atoms with Crippen molar-refractivity contribution in [3.05, 3.63) is 69.6 Å². The molecular weight excluding hydrogens is 476 g/mol. The van der Waals surface area contributed by atoms with E-state index in [1.807, 2.05) is 35.3 Å². The van der Waals surface area contributed by atoms with Gasteiger partial charge in [-0.05, 0) is 88.1 Å². The van der Waals surface area contributed by atoms with Crippen LogP contribution in [0.2, 0.25) is 0 Å². The number of likely N-dealkylation sites (tertiary alicyclic amines) is 2. The van der Waals surface area contributed by atoms with Gasteiger partial charge in [0, 0.05) is 40.7 Å². The van der Waals surface area contributed by atoms with Gasteiger partial charge >= 0.3 is 0 Å². The molecule has 7 heteroatoms. The fourth-order valence-corrected chi connectivity index (χ4v) is 7.66. The van der Waals surface area contributed by atoms with Crippen LogP contribution >= 0.6 is 11.3 Å². The number of hydrogen-bond acceptors (Lipinski definition) is 6. The van der Waals surface area contributed by atoms with Crippen molar-refractivity contribution in [2.45, 2.75) is 50.5 Å². The Labute approximate surface area is 225 Å². The van der Waals surface area contributed by atoms with Crippen LogP contribution in [0.3, 0.4) is 0 Å². The highest BCUT2D eigenvalue weighted by Gasteiger charge is 2.35. The van der Waals surface area contributed by atoms with Gasteiger partial charge in [-0.3, -0.25) is 9.58 Å². The predicted molar refractivity (Wildman–Crippen MR) is 155 cm³/mol. The summed E-state index contributed by atoms with van der Waals surface area (Å²) < 4.78 is 1.95. The molecular formula is C30H40N6S. The van der Waals surface area contributed by atoms with Crippen molar-refractivity contribution < 1.29 is 0 Å². The Hall–Kier alpha value is -2.45. The summed E-state index contributed by atoms with van der Waals surface area (Å²) in [6.45, 7) is 9.81. The van der Waals surface area contributed by atoms with Crippen LogP contribution in [0.4, 0.5) is 0 Å². The van der Waals surface area contributed by atoms with E-state index in [0.717, 1.165) is 18.9 Å². The molecule has 1 aromatic carbocycles. The lowest BCUT2D eigenvalue weighted by Gasteiger charge is -2.28. The fourth-order valence-electron chi connectivity index (χ4n) is 6.30. The predicted octanol–water partition coefficient (Wildman–Crippen LogP) is 5.22. The maximum atomic E-state index is 4.38. The highest BCUT2D eigenvalue weighted by Crippen LogP contribution is 2.46. The number of rotatable bonds is 4. The highest BCUT2D eigenvalue weighted by molar-refractivity contribution is 7.12. The average molecular weight is 517 g/mol. The molecule has 6 nitrogen and oxygen atoms in total. The number of fused-ring (bicyclic) bond motifs is 3. The van der Waals surface area contributed by atoms with Crippen LogP contribution in [0.15, 0.2) is 48.7 Å².